The summed E-state index contributed by atoms with van der Waals surface area (Å²) in [5, 5.41) is 56.5. The van der Waals surface area contributed by atoms with Crippen LogP contribution in [0.4, 0.5) is 0 Å². The maximum absolute atomic E-state index is 13.3. The number of unbranched alkanes of at least 4 members (excludes halogenated alkanes) is 23. The van der Waals surface area contributed by atoms with Gasteiger partial charge in [-0.25, -0.2) is 0 Å². The van der Waals surface area contributed by atoms with Gasteiger partial charge in [0.05, 0.1) is 25.4 Å². The zero-order valence-corrected chi connectivity index (χ0v) is 41.1. The van der Waals surface area contributed by atoms with E-state index in [-0.39, 0.29) is 19.4 Å². The summed E-state index contributed by atoms with van der Waals surface area (Å²) in [5.74, 6) is -1.22. The molecule has 0 aromatic rings. The van der Waals surface area contributed by atoms with Gasteiger partial charge in [0.25, 0.3) is 0 Å². The van der Waals surface area contributed by atoms with Crippen LogP contribution in [0.25, 0.3) is 0 Å². The molecule has 1 saturated heterocycles. The first-order valence-electron chi connectivity index (χ1n) is 26.1. The molecule has 1 heterocycles. The maximum Gasteiger partial charge on any atom is 0.306 e. The van der Waals surface area contributed by atoms with Crippen LogP contribution >= 0.6 is 0 Å². The van der Waals surface area contributed by atoms with E-state index in [1.54, 1.807) is 6.08 Å². The molecule has 0 saturated carbocycles. The molecule has 65 heavy (non-hydrogen) atoms. The highest BCUT2D eigenvalue weighted by molar-refractivity contribution is 5.80. The molecule has 1 fully saturated rings. The Morgan fingerprint density at radius 3 is 1.66 bits per heavy atom. The number of hydrogen-bond acceptors (Lipinski definition) is 10. The SMILES string of the molecule is CC/C=C/C=C/C=C/C=C\CCCCCCC(O)C(=O)NC(COC1OC(CO)C(O)C(O)C1OC(=O)CCCCCCCCCCCCC)C(O)/C=C/CCCCCCCCCCC. The summed E-state index contributed by atoms with van der Waals surface area (Å²) < 4.78 is 17.5. The fourth-order valence-corrected chi connectivity index (χ4v) is 7.84. The van der Waals surface area contributed by atoms with Crippen LogP contribution in [0.5, 0.6) is 0 Å². The van der Waals surface area contributed by atoms with Gasteiger partial charge in [0.2, 0.25) is 5.91 Å². The molecule has 0 aliphatic carbocycles. The van der Waals surface area contributed by atoms with Crippen molar-refractivity contribution >= 4 is 11.9 Å². The van der Waals surface area contributed by atoms with Gasteiger partial charge in [-0.2, -0.15) is 0 Å². The number of esters is 1. The topological polar surface area (TPSA) is 175 Å². The number of amides is 1. The minimum atomic E-state index is -1.61. The van der Waals surface area contributed by atoms with Gasteiger partial charge in [0.15, 0.2) is 12.4 Å². The molecule has 0 bridgehead atoms. The smallest absolute Gasteiger partial charge is 0.306 e. The minimum Gasteiger partial charge on any atom is -0.454 e. The number of rotatable bonds is 42. The van der Waals surface area contributed by atoms with Crippen LogP contribution in [0.3, 0.4) is 0 Å². The molecule has 0 spiro atoms. The van der Waals surface area contributed by atoms with Gasteiger partial charge in [0, 0.05) is 6.42 Å². The Morgan fingerprint density at radius 2 is 1.11 bits per heavy atom. The van der Waals surface area contributed by atoms with Crippen LogP contribution in [-0.2, 0) is 23.8 Å². The third-order valence-electron chi connectivity index (χ3n) is 12.0. The van der Waals surface area contributed by atoms with Gasteiger partial charge in [-0.15, -0.1) is 0 Å². The first-order chi connectivity index (χ1) is 31.7. The molecule has 11 heteroatoms. The van der Waals surface area contributed by atoms with Crippen molar-refractivity contribution in [3.8, 4) is 0 Å². The molecule has 376 valence electrons. The van der Waals surface area contributed by atoms with Crippen molar-refractivity contribution in [2.24, 2.45) is 0 Å². The van der Waals surface area contributed by atoms with Crippen LogP contribution in [-0.4, -0.2) is 99.6 Å². The lowest BCUT2D eigenvalue weighted by molar-refractivity contribution is -0.305. The Bertz CT molecular complexity index is 1280. The summed E-state index contributed by atoms with van der Waals surface area (Å²) in [5.41, 5.74) is 0. The Balaban J connectivity index is 2.80. The molecule has 8 atom stereocenters. The summed E-state index contributed by atoms with van der Waals surface area (Å²) in [7, 11) is 0. The highest BCUT2D eigenvalue weighted by Crippen LogP contribution is 2.26. The predicted molar refractivity (Wildman–Crippen MR) is 264 cm³/mol. The first kappa shape index (κ1) is 60.4. The molecule has 8 unspecified atom stereocenters. The van der Waals surface area contributed by atoms with E-state index < -0.39 is 67.4 Å². The Hall–Kier alpha value is -2.64. The summed E-state index contributed by atoms with van der Waals surface area (Å²) in [6.45, 7) is 5.58. The predicted octanol–water partition coefficient (Wildman–Crippen LogP) is 10.7. The van der Waals surface area contributed by atoms with E-state index in [0.29, 0.717) is 12.8 Å². The normalized spacial score (nSPS) is 20.8. The average Bonchev–Trinajstić information content (AvgIpc) is 3.30. The molecule has 0 radical (unpaired) electrons. The van der Waals surface area contributed by atoms with Gasteiger partial charge in [-0.3, -0.25) is 9.59 Å². The average molecular weight is 918 g/mol. The van der Waals surface area contributed by atoms with Crippen molar-refractivity contribution in [3.05, 3.63) is 60.8 Å². The van der Waals surface area contributed by atoms with Gasteiger partial charge in [-0.1, -0.05) is 216 Å². The molecule has 1 rings (SSSR count). The largest absolute Gasteiger partial charge is 0.454 e. The van der Waals surface area contributed by atoms with E-state index in [1.165, 1.54) is 89.9 Å². The summed E-state index contributed by atoms with van der Waals surface area (Å²) in [4.78, 5) is 26.3. The highest BCUT2D eigenvalue weighted by Gasteiger charge is 2.47. The van der Waals surface area contributed by atoms with Crippen LogP contribution in [0.1, 0.15) is 207 Å². The fourth-order valence-electron chi connectivity index (χ4n) is 7.84. The second-order valence-corrected chi connectivity index (χ2v) is 18.0. The van der Waals surface area contributed by atoms with E-state index in [2.05, 4.69) is 38.2 Å². The van der Waals surface area contributed by atoms with E-state index >= 15 is 0 Å². The first-order valence-corrected chi connectivity index (χ1v) is 26.1. The standard InChI is InChI=1S/C54H95NO10/c1-4-7-10-13-16-19-22-23-24-27-29-32-35-38-41-47(58)53(62)55-45(46(57)40-37-34-31-28-25-20-17-14-11-8-5-2)44-63-54-52(51(61)50(60)48(43-56)64-54)65-49(59)42-39-36-33-30-26-21-18-15-12-9-6-3/h7,10,13,16,19,22-24,37,40,45-48,50-52,54,56-58,60-61H,4-6,8-9,11-12,14-15,17-18,20-21,25-36,38-39,41-44H2,1-3H3,(H,55,62)/b10-7+,16-13+,22-19+,24-23-,40-37+. The van der Waals surface area contributed by atoms with Crippen molar-refractivity contribution in [3.63, 3.8) is 0 Å². The molecule has 1 aliphatic heterocycles. The van der Waals surface area contributed by atoms with Crippen molar-refractivity contribution in [2.75, 3.05) is 13.2 Å². The molecule has 1 amide bonds. The number of hydrogen-bond donors (Lipinski definition) is 6. The number of carbonyl (C=O) groups excluding carboxylic acids is 2. The Morgan fingerprint density at radius 1 is 0.615 bits per heavy atom. The second-order valence-electron chi connectivity index (χ2n) is 18.0. The minimum absolute atomic E-state index is 0.121. The van der Waals surface area contributed by atoms with Crippen molar-refractivity contribution in [2.45, 2.75) is 256 Å². The van der Waals surface area contributed by atoms with Crippen LogP contribution < -0.4 is 5.32 Å². The lowest BCUT2D eigenvalue weighted by Gasteiger charge is -2.41. The summed E-state index contributed by atoms with van der Waals surface area (Å²) in [6, 6.07) is -1.03. The van der Waals surface area contributed by atoms with Gasteiger partial charge in [0.1, 0.15) is 24.4 Å². The number of carbonyl (C=O) groups is 2. The number of nitrogens with one attached hydrogen (secondary N) is 1. The third kappa shape index (κ3) is 31.9. The summed E-state index contributed by atoms with van der Waals surface area (Å²) >= 11 is 0. The quantitative estimate of drug-likeness (QED) is 0.0150. The molecule has 0 aromatic heterocycles. The molecule has 6 N–H and O–H groups in total. The van der Waals surface area contributed by atoms with Crippen molar-refractivity contribution in [1.82, 2.24) is 5.32 Å². The third-order valence-corrected chi connectivity index (χ3v) is 12.0. The van der Waals surface area contributed by atoms with Gasteiger partial charge < -0.3 is 45.1 Å². The molecule has 11 nitrogen and oxygen atoms in total. The number of aliphatic hydroxyl groups excluding tert-OH is 5. The lowest BCUT2D eigenvalue weighted by atomic mass is 9.99. The highest BCUT2D eigenvalue weighted by atomic mass is 16.7. The van der Waals surface area contributed by atoms with Crippen molar-refractivity contribution in [1.29, 1.82) is 0 Å². The molecular weight excluding hydrogens is 823 g/mol. The van der Waals surface area contributed by atoms with Crippen molar-refractivity contribution < 1.29 is 49.3 Å². The second kappa shape index (κ2) is 42.7. The van der Waals surface area contributed by atoms with E-state index in [1.807, 2.05) is 42.5 Å². The van der Waals surface area contributed by atoms with Gasteiger partial charge >= 0.3 is 5.97 Å². The maximum atomic E-state index is 13.3. The number of aliphatic hydroxyl groups is 5. The fraction of sp³-hybridized carbons (Fsp3) is 0.778. The Kier molecular flexibility index (Phi) is 39.7. The van der Waals surface area contributed by atoms with Gasteiger partial charge in [-0.05, 0) is 44.9 Å². The number of allylic oxidation sites excluding steroid dienone is 9. The molecule has 0 aromatic carbocycles. The summed E-state index contributed by atoms with van der Waals surface area (Å²) in [6.07, 6.45) is 39.9. The van der Waals surface area contributed by atoms with E-state index in [9.17, 15) is 35.1 Å². The molecule has 1 aliphatic rings. The van der Waals surface area contributed by atoms with Crippen LogP contribution in [0.15, 0.2) is 60.8 Å². The van der Waals surface area contributed by atoms with E-state index in [4.69, 9.17) is 14.2 Å². The number of ether oxygens (including phenoxy) is 3. The monoisotopic (exact) mass is 918 g/mol. The van der Waals surface area contributed by atoms with Crippen LogP contribution in [0.2, 0.25) is 0 Å². The lowest BCUT2D eigenvalue weighted by Crippen LogP contribution is -2.61. The molecular formula is C54H95NO10. The zero-order valence-electron chi connectivity index (χ0n) is 41.1. The Labute approximate surface area is 395 Å². The van der Waals surface area contributed by atoms with Crippen LogP contribution in [0, 0.1) is 0 Å². The van der Waals surface area contributed by atoms with E-state index in [0.717, 1.165) is 70.6 Å². The zero-order chi connectivity index (χ0) is 47.6.